The van der Waals surface area contributed by atoms with Gasteiger partial charge in [0.2, 0.25) is 0 Å². The Hall–Kier alpha value is -1.03. The molecule has 0 amide bonds. The molecule has 4 heteroatoms. The Bertz CT molecular complexity index is 445. The number of aliphatic imine (C=N–C) groups is 1. The summed E-state index contributed by atoms with van der Waals surface area (Å²) >= 11 is 3.47. The van der Waals surface area contributed by atoms with E-state index >= 15 is 0 Å². The summed E-state index contributed by atoms with van der Waals surface area (Å²) in [7, 11) is 0. The first-order chi connectivity index (χ1) is 8.72. The molecule has 1 aliphatic heterocycles. The van der Waals surface area contributed by atoms with E-state index in [1.165, 1.54) is 12.0 Å². The quantitative estimate of drug-likeness (QED) is 0.674. The molecule has 2 fully saturated rings. The zero-order chi connectivity index (χ0) is 12.5. The summed E-state index contributed by atoms with van der Waals surface area (Å²) in [5.74, 6) is 1.41. The van der Waals surface area contributed by atoms with Crippen LogP contribution in [0.2, 0.25) is 0 Å². The largest absolute Gasteiger partial charge is 0.370 e. The summed E-state index contributed by atoms with van der Waals surface area (Å²) < 4.78 is 1.14. The van der Waals surface area contributed by atoms with Crippen molar-refractivity contribution in [1.29, 1.82) is 0 Å². The number of hydrogen-bond donors (Lipinski definition) is 1. The summed E-state index contributed by atoms with van der Waals surface area (Å²) in [4.78, 5) is 6.77. The maximum Gasteiger partial charge on any atom is 0.191 e. The van der Waals surface area contributed by atoms with E-state index in [1.807, 2.05) is 0 Å². The van der Waals surface area contributed by atoms with Crippen LogP contribution < -0.4 is 5.73 Å². The Labute approximate surface area is 116 Å². The zero-order valence-electron chi connectivity index (χ0n) is 10.3. The molecular weight excluding hydrogens is 290 g/mol. The van der Waals surface area contributed by atoms with E-state index in [1.54, 1.807) is 0 Å². The number of nitrogens with two attached hydrogens (primary N) is 1. The van der Waals surface area contributed by atoms with E-state index in [4.69, 9.17) is 5.73 Å². The van der Waals surface area contributed by atoms with Gasteiger partial charge in [0.25, 0.3) is 0 Å². The third-order valence-electron chi connectivity index (χ3n) is 3.95. The first-order valence-corrected chi connectivity index (χ1v) is 7.35. The van der Waals surface area contributed by atoms with E-state index in [0.29, 0.717) is 12.0 Å². The van der Waals surface area contributed by atoms with Crippen LogP contribution in [0.5, 0.6) is 0 Å². The molecule has 1 aliphatic carbocycles. The van der Waals surface area contributed by atoms with Gasteiger partial charge in [0.15, 0.2) is 5.96 Å². The highest BCUT2D eigenvalue weighted by molar-refractivity contribution is 9.10. The molecular formula is C14H18BrN3. The van der Waals surface area contributed by atoms with Gasteiger partial charge in [-0.15, -0.1) is 0 Å². The Morgan fingerprint density at radius 3 is 2.44 bits per heavy atom. The van der Waals surface area contributed by atoms with Crippen molar-refractivity contribution in [3.8, 4) is 0 Å². The Morgan fingerprint density at radius 1 is 1.22 bits per heavy atom. The second-order valence-electron chi connectivity index (χ2n) is 5.20. The molecule has 18 heavy (non-hydrogen) atoms. The van der Waals surface area contributed by atoms with Gasteiger partial charge in [-0.3, -0.25) is 0 Å². The predicted molar refractivity (Wildman–Crippen MR) is 77.7 cm³/mol. The summed E-state index contributed by atoms with van der Waals surface area (Å²) in [5.41, 5.74) is 7.39. The molecule has 2 aliphatic rings. The average molecular weight is 308 g/mol. The van der Waals surface area contributed by atoms with Crippen molar-refractivity contribution in [2.75, 3.05) is 13.1 Å². The molecule has 1 aromatic rings. The van der Waals surface area contributed by atoms with Crippen molar-refractivity contribution in [1.82, 2.24) is 4.90 Å². The maximum atomic E-state index is 5.96. The molecule has 3 nitrogen and oxygen atoms in total. The molecule has 0 atom stereocenters. The van der Waals surface area contributed by atoms with E-state index in [-0.39, 0.29) is 0 Å². The van der Waals surface area contributed by atoms with Crippen molar-refractivity contribution < 1.29 is 0 Å². The van der Waals surface area contributed by atoms with Gasteiger partial charge in [-0.05, 0) is 42.9 Å². The highest BCUT2D eigenvalue weighted by atomic mass is 79.9. The van der Waals surface area contributed by atoms with Crippen LogP contribution in [0.15, 0.2) is 33.7 Å². The number of guanidine groups is 1. The number of hydrogen-bond acceptors (Lipinski definition) is 1. The van der Waals surface area contributed by atoms with Crippen molar-refractivity contribution in [3.05, 3.63) is 34.3 Å². The highest BCUT2D eigenvalue weighted by Gasteiger charge is 2.31. The first kappa shape index (κ1) is 12.0. The van der Waals surface area contributed by atoms with Gasteiger partial charge in [0, 0.05) is 17.6 Å². The van der Waals surface area contributed by atoms with Crippen LogP contribution in [0.25, 0.3) is 0 Å². The standard InChI is InChI=1S/C14H18BrN3/c15-12-4-2-10(3-5-12)11-8-13(9-11)17-14(16)18-6-1-7-18/h2-5,11,13H,1,6-9H2,(H2,16,17). The lowest BCUT2D eigenvalue weighted by atomic mass is 9.76. The topological polar surface area (TPSA) is 41.6 Å². The number of nitrogens with zero attached hydrogens (tertiary/aromatic N) is 2. The van der Waals surface area contributed by atoms with Gasteiger partial charge < -0.3 is 10.6 Å². The molecule has 3 rings (SSSR count). The lowest BCUT2D eigenvalue weighted by Crippen LogP contribution is -2.47. The van der Waals surface area contributed by atoms with Gasteiger partial charge >= 0.3 is 0 Å². The number of rotatable bonds is 2. The van der Waals surface area contributed by atoms with E-state index < -0.39 is 0 Å². The Kier molecular flexibility index (Phi) is 3.29. The summed E-state index contributed by atoms with van der Waals surface area (Å²) in [6, 6.07) is 9.06. The lowest BCUT2D eigenvalue weighted by Gasteiger charge is -2.36. The van der Waals surface area contributed by atoms with Gasteiger partial charge in [-0.2, -0.15) is 0 Å². The van der Waals surface area contributed by atoms with Gasteiger partial charge in [0.05, 0.1) is 6.04 Å². The monoisotopic (exact) mass is 307 g/mol. The lowest BCUT2D eigenvalue weighted by molar-refractivity contribution is 0.286. The molecule has 1 heterocycles. The zero-order valence-corrected chi connectivity index (χ0v) is 11.9. The van der Waals surface area contributed by atoms with Crippen molar-refractivity contribution in [2.24, 2.45) is 10.7 Å². The molecule has 1 saturated carbocycles. The predicted octanol–water partition coefficient (Wildman–Crippen LogP) is 2.72. The highest BCUT2D eigenvalue weighted by Crippen LogP contribution is 2.39. The molecule has 0 aromatic heterocycles. The minimum Gasteiger partial charge on any atom is -0.370 e. The van der Waals surface area contributed by atoms with Crippen LogP contribution in [-0.4, -0.2) is 30.0 Å². The van der Waals surface area contributed by atoms with Crippen LogP contribution >= 0.6 is 15.9 Å². The van der Waals surface area contributed by atoms with Crippen LogP contribution in [-0.2, 0) is 0 Å². The molecule has 1 saturated heterocycles. The maximum absolute atomic E-state index is 5.96. The fourth-order valence-corrected chi connectivity index (χ4v) is 2.78. The smallest absolute Gasteiger partial charge is 0.191 e. The Morgan fingerprint density at radius 2 is 1.89 bits per heavy atom. The summed E-state index contributed by atoms with van der Waals surface area (Å²) in [5, 5.41) is 0. The fraction of sp³-hybridized carbons (Fsp3) is 0.500. The molecule has 0 spiro atoms. The second-order valence-corrected chi connectivity index (χ2v) is 6.12. The number of halogens is 1. The number of benzene rings is 1. The van der Waals surface area contributed by atoms with E-state index in [0.717, 1.165) is 36.4 Å². The van der Waals surface area contributed by atoms with Gasteiger partial charge in [-0.1, -0.05) is 28.1 Å². The summed E-state index contributed by atoms with van der Waals surface area (Å²) in [6.45, 7) is 2.16. The molecule has 0 radical (unpaired) electrons. The molecule has 96 valence electrons. The van der Waals surface area contributed by atoms with Crippen LogP contribution in [0.4, 0.5) is 0 Å². The van der Waals surface area contributed by atoms with Crippen molar-refractivity contribution in [2.45, 2.75) is 31.2 Å². The SMILES string of the molecule is NC(=NC1CC(c2ccc(Br)cc2)C1)N1CCC1. The molecule has 0 unspecified atom stereocenters. The van der Waals surface area contributed by atoms with Crippen LogP contribution in [0, 0.1) is 0 Å². The molecule has 0 bridgehead atoms. The first-order valence-electron chi connectivity index (χ1n) is 6.56. The number of likely N-dealkylation sites (tertiary alicyclic amines) is 1. The van der Waals surface area contributed by atoms with Gasteiger partial charge in [-0.25, -0.2) is 4.99 Å². The van der Waals surface area contributed by atoms with Crippen molar-refractivity contribution in [3.63, 3.8) is 0 Å². The van der Waals surface area contributed by atoms with Crippen molar-refractivity contribution >= 4 is 21.9 Å². The summed E-state index contributed by atoms with van der Waals surface area (Å²) in [6.07, 6.45) is 3.52. The molecule has 1 aromatic carbocycles. The fourth-order valence-electron chi connectivity index (χ4n) is 2.51. The van der Waals surface area contributed by atoms with E-state index in [2.05, 4.69) is 50.1 Å². The normalized spacial score (nSPS) is 27.6. The minimum absolute atomic E-state index is 0.430. The second kappa shape index (κ2) is 4.92. The van der Waals surface area contributed by atoms with E-state index in [9.17, 15) is 0 Å². The third kappa shape index (κ3) is 2.39. The minimum atomic E-state index is 0.430. The van der Waals surface area contributed by atoms with Crippen LogP contribution in [0.3, 0.4) is 0 Å². The van der Waals surface area contributed by atoms with Crippen LogP contribution in [0.1, 0.15) is 30.7 Å². The molecule has 2 N–H and O–H groups in total. The van der Waals surface area contributed by atoms with Gasteiger partial charge in [0.1, 0.15) is 0 Å². The average Bonchev–Trinajstić information content (AvgIpc) is 2.22. The Balaban J connectivity index is 1.55. The third-order valence-corrected chi connectivity index (χ3v) is 4.48.